The number of amides is 1. The molecule has 3 nitrogen and oxygen atoms in total. The maximum absolute atomic E-state index is 12.4. The Labute approximate surface area is 113 Å². The Morgan fingerprint density at radius 2 is 2.35 bits per heavy atom. The minimum atomic E-state index is 0.168. The average Bonchev–Trinajstić information content (AvgIpc) is 2.95. The van der Waals surface area contributed by atoms with E-state index in [1.807, 2.05) is 17.0 Å². The van der Waals surface area contributed by atoms with Crippen molar-refractivity contribution in [1.29, 1.82) is 0 Å². The van der Waals surface area contributed by atoms with Crippen molar-refractivity contribution in [2.45, 2.75) is 31.4 Å². The van der Waals surface area contributed by atoms with Crippen LogP contribution in [-0.4, -0.2) is 36.1 Å². The van der Waals surface area contributed by atoms with Crippen molar-refractivity contribution in [2.24, 2.45) is 0 Å². The predicted molar refractivity (Wildman–Crippen MR) is 70.4 cm³/mol. The first-order valence-electron chi connectivity index (χ1n) is 5.93. The number of carbonyl (C=O) groups is 1. The van der Waals surface area contributed by atoms with Crippen LogP contribution in [0.5, 0.6) is 0 Å². The molecule has 0 bridgehead atoms. The van der Waals surface area contributed by atoms with Crippen LogP contribution < -0.4 is 0 Å². The van der Waals surface area contributed by atoms with E-state index in [9.17, 15) is 4.79 Å². The molecule has 2 unspecified atom stereocenters. The Kier molecular flexibility index (Phi) is 3.23. The monoisotopic (exact) mass is 315 g/mol. The van der Waals surface area contributed by atoms with Crippen molar-refractivity contribution in [1.82, 2.24) is 4.90 Å². The van der Waals surface area contributed by atoms with Crippen LogP contribution >= 0.6 is 27.3 Å². The Morgan fingerprint density at radius 3 is 3.12 bits per heavy atom. The highest BCUT2D eigenvalue weighted by atomic mass is 79.9. The molecule has 5 heteroatoms. The summed E-state index contributed by atoms with van der Waals surface area (Å²) in [5, 5.41) is 0. The fourth-order valence-corrected chi connectivity index (χ4v) is 4.09. The van der Waals surface area contributed by atoms with Gasteiger partial charge in [0, 0.05) is 6.54 Å². The zero-order valence-electron chi connectivity index (χ0n) is 9.39. The van der Waals surface area contributed by atoms with Gasteiger partial charge in [0.2, 0.25) is 0 Å². The Hall–Kier alpha value is -0.390. The van der Waals surface area contributed by atoms with Crippen LogP contribution in [0, 0.1) is 0 Å². The largest absolute Gasteiger partial charge is 0.374 e. The van der Waals surface area contributed by atoms with Crippen LogP contribution in [0.4, 0.5) is 0 Å². The molecule has 92 valence electrons. The molecule has 1 amide bonds. The van der Waals surface area contributed by atoms with Gasteiger partial charge in [0.25, 0.3) is 5.91 Å². The smallest absolute Gasteiger partial charge is 0.264 e. The number of thiophene rings is 1. The highest BCUT2D eigenvalue weighted by Crippen LogP contribution is 2.32. The Bertz CT molecular complexity index is 434. The van der Waals surface area contributed by atoms with Gasteiger partial charge in [-0.3, -0.25) is 4.79 Å². The number of ether oxygens (including phenoxy) is 1. The van der Waals surface area contributed by atoms with Gasteiger partial charge >= 0.3 is 0 Å². The number of rotatable bonds is 1. The topological polar surface area (TPSA) is 29.5 Å². The molecule has 1 saturated carbocycles. The van der Waals surface area contributed by atoms with Crippen molar-refractivity contribution in [3.05, 3.63) is 20.8 Å². The van der Waals surface area contributed by atoms with Crippen LogP contribution in [-0.2, 0) is 4.74 Å². The van der Waals surface area contributed by atoms with E-state index in [4.69, 9.17) is 4.74 Å². The predicted octanol–water partition coefficient (Wildman–Crippen LogP) is 2.90. The molecule has 0 aromatic carbocycles. The molecule has 1 aromatic rings. The second-order valence-electron chi connectivity index (χ2n) is 4.51. The average molecular weight is 316 g/mol. The minimum Gasteiger partial charge on any atom is -0.374 e. The number of halogens is 1. The van der Waals surface area contributed by atoms with E-state index in [1.54, 1.807) is 0 Å². The van der Waals surface area contributed by atoms with Gasteiger partial charge in [-0.15, -0.1) is 11.3 Å². The number of hydrogen-bond donors (Lipinski definition) is 0. The van der Waals surface area contributed by atoms with Crippen LogP contribution in [0.25, 0.3) is 0 Å². The number of nitrogens with zero attached hydrogens (tertiary/aromatic N) is 1. The van der Waals surface area contributed by atoms with Crippen molar-refractivity contribution in [3.63, 3.8) is 0 Å². The summed E-state index contributed by atoms with van der Waals surface area (Å²) in [4.78, 5) is 15.3. The number of carbonyl (C=O) groups excluding carboxylic acids is 1. The Morgan fingerprint density at radius 1 is 1.47 bits per heavy atom. The molecule has 2 fully saturated rings. The molecule has 1 aromatic heterocycles. The summed E-state index contributed by atoms with van der Waals surface area (Å²) in [6, 6.07) is 4.14. The van der Waals surface area contributed by atoms with E-state index in [1.165, 1.54) is 17.8 Å². The molecule has 2 aliphatic rings. The lowest BCUT2D eigenvalue weighted by Crippen LogP contribution is -2.51. The third-order valence-electron chi connectivity index (χ3n) is 3.53. The first-order chi connectivity index (χ1) is 8.25. The van der Waals surface area contributed by atoms with Gasteiger partial charge in [0.05, 0.1) is 27.4 Å². The van der Waals surface area contributed by atoms with Crippen molar-refractivity contribution in [3.8, 4) is 0 Å². The molecule has 0 spiro atoms. The van der Waals surface area contributed by atoms with E-state index in [-0.39, 0.29) is 12.0 Å². The van der Waals surface area contributed by atoms with E-state index in [2.05, 4.69) is 15.9 Å². The first kappa shape index (κ1) is 11.7. The van der Waals surface area contributed by atoms with E-state index in [0.29, 0.717) is 12.6 Å². The minimum absolute atomic E-state index is 0.168. The van der Waals surface area contributed by atoms with Crippen LogP contribution in [0.15, 0.2) is 15.9 Å². The Balaban J connectivity index is 1.81. The van der Waals surface area contributed by atoms with Crippen LogP contribution in [0.2, 0.25) is 0 Å². The van der Waals surface area contributed by atoms with Gasteiger partial charge in [-0.05, 0) is 47.3 Å². The summed E-state index contributed by atoms with van der Waals surface area (Å²) in [6.45, 7) is 1.41. The molecule has 2 heterocycles. The highest BCUT2D eigenvalue weighted by Gasteiger charge is 2.38. The molecular formula is C12H14BrNO2S. The van der Waals surface area contributed by atoms with Gasteiger partial charge in [0.1, 0.15) is 0 Å². The van der Waals surface area contributed by atoms with Crippen molar-refractivity contribution >= 4 is 33.2 Å². The third-order valence-corrected chi connectivity index (χ3v) is 5.14. The second kappa shape index (κ2) is 4.71. The number of hydrogen-bond acceptors (Lipinski definition) is 3. The van der Waals surface area contributed by atoms with Crippen molar-refractivity contribution < 1.29 is 9.53 Å². The third kappa shape index (κ3) is 2.16. The summed E-state index contributed by atoms with van der Waals surface area (Å²) < 4.78 is 6.73. The molecular weight excluding hydrogens is 302 g/mol. The van der Waals surface area contributed by atoms with Crippen molar-refractivity contribution in [2.75, 3.05) is 13.2 Å². The summed E-state index contributed by atoms with van der Waals surface area (Å²) in [6.07, 6.45) is 3.63. The molecule has 1 aliphatic carbocycles. The van der Waals surface area contributed by atoms with E-state index in [0.717, 1.165) is 28.0 Å². The van der Waals surface area contributed by atoms with E-state index < -0.39 is 0 Å². The quantitative estimate of drug-likeness (QED) is 0.797. The number of fused-ring (bicyclic) bond motifs is 1. The van der Waals surface area contributed by atoms with Crippen LogP contribution in [0.1, 0.15) is 28.9 Å². The molecule has 1 saturated heterocycles. The summed E-state index contributed by atoms with van der Waals surface area (Å²) in [5.74, 6) is 0.168. The SMILES string of the molecule is O=C(c1ccc(Br)s1)N1CCOC2CCCC21. The molecule has 0 N–H and O–H groups in total. The van der Waals surface area contributed by atoms with E-state index >= 15 is 0 Å². The molecule has 2 atom stereocenters. The number of morpholine rings is 1. The zero-order chi connectivity index (χ0) is 11.8. The van der Waals surface area contributed by atoms with Gasteiger partial charge in [-0.1, -0.05) is 0 Å². The second-order valence-corrected chi connectivity index (χ2v) is 6.97. The normalized spacial score (nSPS) is 28.2. The molecule has 0 radical (unpaired) electrons. The van der Waals surface area contributed by atoms with Gasteiger partial charge in [-0.25, -0.2) is 0 Å². The summed E-state index contributed by atoms with van der Waals surface area (Å²) >= 11 is 4.91. The van der Waals surface area contributed by atoms with Gasteiger partial charge in [-0.2, -0.15) is 0 Å². The maximum atomic E-state index is 12.4. The van der Waals surface area contributed by atoms with Crippen LogP contribution in [0.3, 0.4) is 0 Å². The lowest BCUT2D eigenvalue weighted by molar-refractivity contribution is -0.0443. The fourth-order valence-electron chi connectivity index (χ4n) is 2.75. The maximum Gasteiger partial charge on any atom is 0.264 e. The highest BCUT2D eigenvalue weighted by molar-refractivity contribution is 9.11. The summed E-state index contributed by atoms with van der Waals surface area (Å²) in [7, 11) is 0. The lowest BCUT2D eigenvalue weighted by Gasteiger charge is -2.37. The zero-order valence-corrected chi connectivity index (χ0v) is 11.8. The van der Waals surface area contributed by atoms with Gasteiger partial charge in [0.15, 0.2) is 0 Å². The molecule has 17 heavy (non-hydrogen) atoms. The first-order valence-corrected chi connectivity index (χ1v) is 7.54. The lowest BCUT2D eigenvalue weighted by atomic mass is 10.1. The van der Waals surface area contributed by atoms with Gasteiger partial charge < -0.3 is 9.64 Å². The fraction of sp³-hybridized carbons (Fsp3) is 0.583. The molecule has 3 rings (SSSR count). The molecule has 1 aliphatic heterocycles. The standard InChI is InChI=1S/C12H14BrNO2S/c13-11-5-4-10(17-11)12(15)14-6-7-16-9-3-1-2-8(9)14/h4-5,8-9H,1-3,6-7H2. The summed E-state index contributed by atoms with van der Waals surface area (Å²) in [5.41, 5.74) is 0.